The summed E-state index contributed by atoms with van der Waals surface area (Å²) in [6.07, 6.45) is 0. The van der Waals surface area contributed by atoms with Crippen molar-refractivity contribution in [3.8, 4) is 0 Å². The highest BCUT2D eigenvalue weighted by Gasteiger charge is 2.19. The van der Waals surface area contributed by atoms with Crippen molar-refractivity contribution >= 4 is 65.6 Å². The van der Waals surface area contributed by atoms with Crippen LogP contribution in [0.1, 0.15) is 34.0 Å². The number of hydrogen-bond donors (Lipinski definition) is 2. The first-order chi connectivity index (χ1) is 14.6. The summed E-state index contributed by atoms with van der Waals surface area (Å²) in [4.78, 5) is 39.4. The lowest BCUT2D eigenvalue weighted by molar-refractivity contribution is 0.0846. The van der Waals surface area contributed by atoms with E-state index in [1.807, 2.05) is 6.07 Å². The zero-order chi connectivity index (χ0) is 21.1. The van der Waals surface area contributed by atoms with Gasteiger partial charge in [0.1, 0.15) is 10.5 Å². The number of hydrazine groups is 1. The zero-order valence-electron chi connectivity index (χ0n) is 16.6. The molecule has 0 unspecified atom stereocenters. The van der Waals surface area contributed by atoms with E-state index in [0.717, 1.165) is 46.0 Å². The monoisotopic (exact) mass is 466 g/mol. The van der Waals surface area contributed by atoms with E-state index < -0.39 is 5.91 Å². The van der Waals surface area contributed by atoms with Crippen LogP contribution in [0.5, 0.6) is 0 Å². The number of thiazole rings is 2. The molecule has 1 fully saturated rings. The molecule has 3 aromatic heterocycles. The number of carbonyl (C=O) groups is 2. The topological polar surface area (TPSA) is 99.7 Å². The third kappa shape index (κ3) is 4.41. The first-order valence-electron chi connectivity index (χ1n) is 9.63. The van der Waals surface area contributed by atoms with Gasteiger partial charge in [0.15, 0.2) is 10.3 Å². The molecule has 0 atom stereocenters. The van der Waals surface area contributed by atoms with Gasteiger partial charge in [-0.15, -0.1) is 22.7 Å². The third-order valence-corrected chi connectivity index (χ3v) is 7.75. The summed E-state index contributed by atoms with van der Waals surface area (Å²) >= 11 is 4.28. The Labute approximate surface area is 185 Å². The number of amides is 2. The van der Waals surface area contributed by atoms with E-state index in [-0.39, 0.29) is 11.6 Å². The van der Waals surface area contributed by atoms with Crippen LogP contribution in [0.4, 0.5) is 10.3 Å². The minimum Gasteiger partial charge on any atom is -0.378 e. The zero-order valence-corrected chi connectivity index (χ0v) is 19.1. The molecular formula is C18H22N6O3S3. The van der Waals surface area contributed by atoms with E-state index in [4.69, 9.17) is 4.74 Å². The molecule has 1 aliphatic heterocycles. The highest BCUT2D eigenvalue weighted by molar-refractivity contribution is 7.29. The molecule has 160 valence electrons. The van der Waals surface area contributed by atoms with E-state index >= 15 is 0 Å². The molecule has 30 heavy (non-hydrogen) atoms. The molecule has 4 rings (SSSR count). The SMILES string of the molecule is CCN(CC)c1nc2sc(C(=O)NNC(=O)c3csc(N4CCOCC4)n3)cc2s1. The predicted octanol–water partition coefficient (Wildman–Crippen LogP) is 2.57. The Morgan fingerprint density at radius 2 is 1.87 bits per heavy atom. The van der Waals surface area contributed by atoms with Crippen molar-refractivity contribution in [3.63, 3.8) is 0 Å². The lowest BCUT2D eigenvalue weighted by Gasteiger charge is -2.25. The Morgan fingerprint density at radius 3 is 2.57 bits per heavy atom. The van der Waals surface area contributed by atoms with E-state index in [0.29, 0.717) is 18.1 Å². The van der Waals surface area contributed by atoms with Crippen LogP contribution >= 0.6 is 34.0 Å². The van der Waals surface area contributed by atoms with Crippen LogP contribution in [0.3, 0.4) is 0 Å². The van der Waals surface area contributed by atoms with Crippen LogP contribution < -0.4 is 20.7 Å². The van der Waals surface area contributed by atoms with Gasteiger partial charge in [-0.1, -0.05) is 11.3 Å². The Balaban J connectivity index is 1.35. The second-order valence-electron chi connectivity index (χ2n) is 6.47. The Kier molecular flexibility index (Phi) is 6.46. The van der Waals surface area contributed by atoms with Crippen molar-refractivity contribution in [3.05, 3.63) is 22.0 Å². The number of anilines is 2. The standard InChI is InChI=1S/C18H22N6O3S3/c1-3-23(4-2)18-20-16-13(30-18)9-12(29-16)15(26)22-21-14(25)11-10-28-17(19-11)24-5-7-27-8-6-24/h9-10H,3-8H2,1-2H3,(H,21,25)(H,22,26). The molecule has 0 saturated carbocycles. The summed E-state index contributed by atoms with van der Waals surface area (Å²) in [6, 6.07) is 1.81. The van der Waals surface area contributed by atoms with Gasteiger partial charge in [0.05, 0.1) is 22.8 Å². The van der Waals surface area contributed by atoms with E-state index in [1.54, 1.807) is 16.7 Å². The summed E-state index contributed by atoms with van der Waals surface area (Å²) in [6.45, 7) is 8.78. The molecular weight excluding hydrogens is 444 g/mol. The van der Waals surface area contributed by atoms with Crippen LogP contribution in [0.2, 0.25) is 0 Å². The van der Waals surface area contributed by atoms with Crippen LogP contribution in [-0.4, -0.2) is 61.2 Å². The van der Waals surface area contributed by atoms with Crippen LogP contribution in [0.25, 0.3) is 9.53 Å². The molecule has 9 nitrogen and oxygen atoms in total. The number of aromatic nitrogens is 2. The summed E-state index contributed by atoms with van der Waals surface area (Å²) in [5.74, 6) is -0.814. The highest BCUT2D eigenvalue weighted by Crippen LogP contribution is 2.34. The van der Waals surface area contributed by atoms with Crippen LogP contribution in [0.15, 0.2) is 11.4 Å². The van der Waals surface area contributed by atoms with Crippen molar-refractivity contribution in [2.75, 3.05) is 49.2 Å². The number of morpholine rings is 1. The molecule has 0 bridgehead atoms. The molecule has 1 aliphatic rings. The average Bonchev–Trinajstić information content (AvgIpc) is 3.48. The maximum absolute atomic E-state index is 12.4. The molecule has 0 aromatic carbocycles. The Bertz CT molecular complexity index is 1000. The van der Waals surface area contributed by atoms with Gasteiger partial charge in [0, 0.05) is 31.6 Å². The van der Waals surface area contributed by atoms with Gasteiger partial charge >= 0.3 is 0 Å². The minimum atomic E-state index is -0.445. The molecule has 12 heteroatoms. The minimum absolute atomic E-state index is 0.277. The van der Waals surface area contributed by atoms with Gasteiger partial charge in [-0.25, -0.2) is 9.97 Å². The van der Waals surface area contributed by atoms with Crippen molar-refractivity contribution in [1.82, 2.24) is 20.8 Å². The predicted molar refractivity (Wildman–Crippen MR) is 121 cm³/mol. The number of ether oxygens (including phenoxy) is 1. The van der Waals surface area contributed by atoms with Crippen LogP contribution in [0, 0.1) is 0 Å². The van der Waals surface area contributed by atoms with Gasteiger partial charge in [0.2, 0.25) is 0 Å². The lowest BCUT2D eigenvalue weighted by atomic mass is 10.4. The number of hydrogen-bond acceptors (Lipinski definition) is 10. The Hall–Kier alpha value is -2.28. The highest BCUT2D eigenvalue weighted by atomic mass is 32.1. The molecule has 0 spiro atoms. The fourth-order valence-electron chi connectivity index (χ4n) is 2.97. The first kappa shape index (κ1) is 21.0. The fourth-order valence-corrected chi connectivity index (χ4v) is 6.07. The normalized spacial score (nSPS) is 14.1. The van der Waals surface area contributed by atoms with Crippen molar-refractivity contribution in [2.45, 2.75) is 13.8 Å². The summed E-state index contributed by atoms with van der Waals surface area (Å²) in [7, 11) is 0. The summed E-state index contributed by atoms with van der Waals surface area (Å²) in [5, 5.41) is 3.43. The van der Waals surface area contributed by atoms with Gasteiger partial charge < -0.3 is 14.5 Å². The van der Waals surface area contributed by atoms with Crippen molar-refractivity contribution in [2.24, 2.45) is 0 Å². The number of thiophene rings is 1. The molecule has 2 amide bonds. The van der Waals surface area contributed by atoms with E-state index in [1.165, 1.54) is 22.7 Å². The number of rotatable bonds is 6. The van der Waals surface area contributed by atoms with Gasteiger partial charge in [-0.3, -0.25) is 20.4 Å². The molecule has 2 N–H and O–H groups in total. The van der Waals surface area contributed by atoms with Gasteiger partial charge in [-0.2, -0.15) is 0 Å². The smallest absolute Gasteiger partial charge is 0.289 e. The van der Waals surface area contributed by atoms with Crippen LogP contribution in [-0.2, 0) is 4.74 Å². The largest absolute Gasteiger partial charge is 0.378 e. The second kappa shape index (κ2) is 9.25. The second-order valence-corrected chi connectivity index (χ2v) is 9.35. The van der Waals surface area contributed by atoms with Gasteiger partial charge in [-0.05, 0) is 19.9 Å². The number of fused-ring (bicyclic) bond motifs is 1. The number of carbonyl (C=O) groups excluding carboxylic acids is 2. The maximum atomic E-state index is 12.4. The molecule has 1 saturated heterocycles. The molecule has 3 aromatic rings. The summed E-state index contributed by atoms with van der Waals surface area (Å²) in [5.41, 5.74) is 5.18. The third-order valence-electron chi connectivity index (χ3n) is 4.63. The maximum Gasteiger partial charge on any atom is 0.289 e. The van der Waals surface area contributed by atoms with Crippen molar-refractivity contribution in [1.29, 1.82) is 0 Å². The summed E-state index contributed by atoms with van der Waals surface area (Å²) < 4.78 is 6.30. The van der Waals surface area contributed by atoms with E-state index in [2.05, 4.69) is 44.5 Å². The fraction of sp³-hybridized carbons (Fsp3) is 0.444. The average molecular weight is 467 g/mol. The molecule has 0 aliphatic carbocycles. The quantitative estimate of drug-likeness (QED) is 0.539. The number of nitrogens with one attached hydrogen (secondary N) is 2. The number of nitrogens with zero attached hydrogens (tertiary/aromatic N) is 4. The van der Waals surface area contributed by atoms with Crippen molar-refractivity contribution < 1.29 is 14.3 Å². The van der Waals surface area contributed by atoms with E-state index in [9.17, 15) is 9.59 Å². The molecule has 4 heterocycles. The Morgan fingerprint density at radius 1 is 1.13 bits per heavy atom. The lowest BCUT2D eigenvalue weighted by Crippen LogP contribution is -2.41. The molecule has 0 radical (unpaired) electrons. The first-order valence-corrected chi connectivity index (χ1v) is 12.1. The van der Waals surface area contributed by atoms with Gasteiger partial charge in [0.25, 0.3) is 11.8 Å².